The molecule has 2 aromatic carbocycles. The fraction of sp³-hybridized carbons (Fsp3) is 0.375. The van der Waals surface area contributed by atoms with E-state index in [1.807, 2.05) is 0 Å². The molecule has 1 nitrogen and oxygen atoms in total. The Bertz CT molecular complexity index is 470. The summed E-state index contributed by atoms with van der Waals surface area (Å²) in [5, 5.41) is 6.24. The molecule has 0 amide bonds. The van der Waals surface area contributed by atoms with E-state index in [4.69, 9.17) is 0 Å². The third-order valence-corrected chi connectivity index (χ3v) is 3.39. The number of fused-ring (bicyclic) bond motifs is 1. The van der Waals surface area contributed by atoms with Crippen molar-refractivity contribution in [1.82, 2.24) is 5.32 Å². The molecule has 2 aromatic rings. The van der Waals surface area contributed by atoms with Crippen molar-refractivity contribution in [2.45, 2.75) is 26.8 Å². The van der Waals surface area contributed by atoms with Gasteiger partial charge in [0.2, 0.25) is 0 Å². The second kappa shape index (κ2) is 5.83. The van der Waals surface area contributed by atoms with E-state index in [2.05, 4.69) is 61.6 Å². The van der Waals surface area contributed by atoms with Gasteiger partial charge in [-0.25, -0.2) is 0 Å². The number of hydrogen-bond acceptors (Lipinski definition) is 1. The van der Waals surface area contributed by atoms with Crippen molar-refractivity contribution in [3.63, 3.8) is 0 Å². The average Bonchev–Trinajstić information content (AvgIpc) is 2.39. The highest BCUT2D eigenvalue weighted by molar-refractivity contribution is 5.85. The van der Waals surface area contributed by atoms with Crippen LogP contribution in [-0.4, -0.2) is 6.54 Å². The summed E-state index contributed by atoms with van der Waals surface area (Å²) >= 11 is 0. The zero-order valence-corrected chi connectivity index (χ0v) is 10.7. The minimum Gasteiger partial charge on any atom is -0.312 e. The lowest BCUT2D eigenvalue weighted by molar-refractivity contribution is 0.500. The summed E-state index contributed by atoms with van der Waals surface area (Å²) in [4.78, 5) is 0. The minimum atomic E-state index is 0.755. The van der Waals surface area contributed by atoms with Crippen LogP contribution in [0, 0.1) is 5.92 Å². The molecule has 1 atom stereocenters. The van der Waals surface area contributed by atoms with Crippen LogP contribution in [0.5, 0.6) is 0 Å². The van der Waals surface area contributed by atoms with Crippen LogP contribution in [0.25, 0.3) is 10.8 Å². The maximum atomic E-state index is 3.54. The second-order valence-electron chi connectivity index (χ2n) is 4.78. The Kier molecular flexibility index (Phi) is 4.16. The van der Waals surface area contributed by atoms with Crippen molar-refractivity contribution in [1.29, 1.82) is 0 Å². The fourth-order valence-corrected chi connectivity index (χ4v) is 2.04. The second-order valence-corrected chi connectivity index (χ2v) is 4.78. The lowest BCUT2D eigenvalue weighted by Crippen LogP contribution is -2.20. The maximum absolute atomic E-state index is 3.54. The minimum absolute atomic E-state index is 0.755. The molecule has 0 bridgehead atoms. The van der Waals surface area contributed by atoms with E-state index in [0.717, 1.165) is 19.0 Å². The summed E-state index contributed by atoms with van der Waals surface area (Å²) in [5.41, 5.74) is 1.39. The molecule has 0 aliphatic carbocycles. The van der Waals surface area contributed by atoms with Gasteiger partial charge in [-0.05, 0) is 28.8 Å². The zero-order chi connectivity index (χ0) is 12.1. The van der Waals surface area contributed by atoms with Crippen LogP contribution in [-0.2, 0) is 6.54 Å². The first-order chi connectivity index (χ1) is 8.31. The van der Waals surface area contributed by atoms with Gasteiger partial charge in [0, 0.05) is 6.54 Å². The Balaban J connectivity index is 2.08. The Labute approximate surface area is 104 Å². The van der Waals surface area contributed by atoms with Gasteiger partial charge in [0.15, 0.2) is 0 Å². The molecule has 0 heterocycles. The van der Waals surface area contributed by atoms with Crippen LogP contribution in [0.2, 0.25) is 0 Å². The van der Waals surface area contributed by atoms with Gasteiger partial charge < -0.3 is 5.32 Å². The highest BCUT2D eigenvalue weighted by Gasteiger charge is 2.01. The maximum Gasteiger partial charge on any atom is 0.0211 e. The van der Waals surface area contributed by atoms with Gasteiger partial charge in [-0.2, -0.15) is 0 Å². The van der Waals surface area contributed by atoms with Gasteiger partial charge in [0.1, 0.15) is 0 Å². The Morgan fingerprint density at radius 1 is 1.06 bits per heavy atom. The summed E-state index contributed by atoms with van der Waals surface area (Å²) in [7, 11) is 0. The molecule has 0 radical (unpaired) electrons. The smallest absolute Gasteiger partial charge is 0.0211 e. The lowest BCUT2D eigenvalue weighted by atomic mass is 10.0. The predicted octanol–water partition coefficient (Wildman–Crippen LogP) is 3.98. The van der Waals surface area contributed by atoms with Gasteiger partial charge >= 0.3 is 0 Å². The summed E-state index contributed by atoms with van der Waals surface area (Å²) < 4.78 is 0. The summed E-state index contributed by atoms with van der Waals surface area (Å²) in [5.74, 6) is 0.755. The predicted molar refractivity (Wildman–Crippen MR) is 75.1 cm³/mol. The SMILES string of the molecule is CCC(C)CNCc1cccc2ccccc12. The van der Waals surface area contributed by atoms with Crippen LogP contribution < -0.4 is 5.32 Å². The molecular formula is C16H21N. The summed E-state index contributed by atoms with van der Waals surface area (Å²) in [6.07, 6.45) is 1.24. The molecule has 0 saturated carbocycles. The van der Waals surface area contributed by atoms with E-state index in [1.165, 1.54) is 22.8 Å². The van der Waals surface area contributed by atoms with Crippen molar-refractivity contribution < 1.29 is 0 Å². The molecule has 90 valence electrons. The first-order valence-electron chi connectivity index (χ1n) is 6.48. The van der Waals surface area contributed by atoms with E-state index in [9.17, 15) is 0 Å². The van der Waals surface area contributed by atoms with Gasteiger partial charge in [0.05, 0.1) is 0 Å². The fourth-order valence-electron chi connectivity index (χ4n) is 2.04. The van der Waals surface area contributed by atoms with Crippen molar-refractivity contribution in [2.24, 2.45) is 5.92 Å². The molecule has 0 aromatic heterocycles. The van der Waals surface area contributed by atoms with Gasteiger partial charge in [-0.3, -0.25) is 0 Å². The van der Waals surface area contributed by atoms with Crippen LogP contribution in [0.15, 0.2) is 42.5 Å². The van der Waals surface area contributed by atoms with E-state index in [1.54, 1.807) is 0 Å². The normalized spacial score (nSPS) is 12.8. The molecule has 0 saturated heterocycles. The molecule has 0 fully saturated rings. The third kappa shape index (κ3) is 3.07. The lowest BCUT2D eigenvalue weighted by Gasteiger charge is -2.11. The third-order valence-electron chi connectivity index (χ3n) is 3.39. The molecule has 17 heavy (non-hydrogen) atoms. The average molecular weight is 227 g/mol. The standard InChI is InChI=1S/C16H21N/c1-3-13(2)11-17-12-15-9-6-8-14-7-4-5-10-16(14)15/h4-10,13,17H,3,11-12H2,1-2H3. The molecule has 1 heteroatoms. The number of nitrogens with one attached hydrogen (secondary N) is 1. The van der Waals surface area contributed by atoms with Crippen LogP contribution >= 0.6 is 0 Å². The molecule has 1 N–H and O–H groups in total. The van der Waals surface area contributed by atoms with Crippen LogP contribution in [0.3, 0.4) is 0 Å². The summed E-state index contributed by atoms with van der Waals surface area (Å²) in [6, 6.07) is 15.1. The van der Waals surface area contributed by atoms with E-state index < -0.39 is 0 Å². The Hall–Kier alpha value is -1.34. The van der Waals surface area contributed by atoms with E-state index in [0.29, 0.717) is 0 Å². The Morgan fingerprint density at radius 2 is 1.82 bits per heavy atom. The molecule has 1 unspecified atom stereocenters. The molecule has 2 rings (SSSR count). The number of benzene rings is 2. The molecule has 0 spiro atoms. The number of hydrogen-bond donors (Lipinski definition) is 1. The summed E-state index contributed by atoms with van der Waals surface area (Å²) in [6.45, 7) is 6.59. The van der Waals surface area contributed by atoms with Gasteiger partial charge in [-0.1, -0.05) is 62.7 Å². The first-order valence-corrected chi connectivity index (χ1v) is 6.48. The van der Waals surface area contributed by atoms with Crippen molar-refractivity contribution in [3.8, 4) is 0 Å². The van der Waals surface area contributed by atoms with Crippen molar-refractivity contribution in [2.75, 3.05) is 6.54 Å². The van der Waals surface area contributed by atoms with E-state index >= 15 is 0 Å². The monoisotopic (exact) mass is 227 g/mol. The Morgan fingerprint density at radius 3 is 2.65 bits per heavy atom. The quantitative estimate of drug-likeness (QED) is 0.814. The van der Waals surface area contributed by atoms with Gasteiger partial charge in [-0.15, -0.1) is 0 Å². The van der Waals surface area contributed by atoms with Gasteiger partial charge in [0.25, 0.3) is 0 Å². The van der Waals surface area contributed by atoms with Crippen molar-refractivity contribution >= 4 is 10.8 Å². The molecule has 0 aliphatic heterocycles. The molecular weight excluding hydrogens is 206 g/mol. The highest BCUT2D eigenvalue weighted by Crippen LogP contribution is 2.18. The first kappa shape index (κ1) is 12.1. The largest absolute Gasteiger partial charge is 0.312 e. The zero-order valence-electron chi connectivity index (χ0n) is 10.7. The van der Waals surface area contributed by atoms with Crippen LogP contribution in [0.4, 0.5) is 0 Å². The van der Waals surface area contributed by atoms with Crippen molar-refractivity contribution in [3.05, 3.63) is 48.0 Å². The topological polar surface area (TPSA) is 12.0 Å². The number of rotatable bonds is 5. The molecule has 0 aliphatic rings. The van der Waals surface area contributed by atoms with Crippen LogP contribution in [0.1, 0.15) is 25.8 Å². The highest BCUT2D eigenvalue weighted by atomic mass is 14.9. The van der Waals surface area contributed by atoms with E-state index in [-0.39, 0.29) is 0 Å².